The first-order valence-corrected chi connectivity index (χ1v) is 7.68. The van der Waals surface area contributed by atoms with Crippen LogP contribution in [-0.2, 0) is 0 Å². The molecule has 0 bridgehead atoms. The molecule has 1 aliphatic rings. The molecule has 1 aromatic rings. The van der Waals surface area contributed by atoms with Crippen molar-refractivity contribution in [2.75, 3.05) is 36.8 Å². The second-order valence-electron chi connectivity index (χ2n) is 5.68. The Morgan fingerprint density at radius 3 is 2.45 bits per heavy atom. The minimum atomic E-state index is 0.399. The normalized spacial score (nSPS) is 17.2. The van der Waals surface area contributed by atoms with Crippen molar-refractivity contribution in [1.29, 1.82) is 0 Å². The van der Waals surface area contributed by atoms with Crippen LogP contribution in [0, 0.1) is 13.8 Å². The molecule has 0 saturated carbocycles. The third-order valence-corrected chi connectivity index (χ3v) is 3.72. The number of rotatable bonds is 6. The number of nitrogens with one attached hydrogen (secondary N) is 2. The minimum absolute atomic E-state index is 0.399. The van der Waals surface area contributed by atoms with Crippen LogP contribution < -0.4 is 10.6 Å². The highest BCUT2D eigenvalue weighted by molar-refractivity contribution is 5.57. The molecular weight excluding hydrogens is 250 g/mol. The van der Waals surface area contributed by atoms with Crippen molar-refractivity contribution in [1.82, 2.24) is 14.9 Å². The van der Waals surface area contributed by atoms with Gasteiger partial charge in [-0.2, -0.15) is 0 Å². The van der Waals surface area contributed by atoms with E-state index in [2.05, 4.69) is 46.3 Å². The predicted molar refractivity (Wildman–Crippen MR) is 84.4 cm³/mol. The molecule has 112 valence electrons. The minimum Gasteiger partial charge on any atom is -0.370 e. The summed E-state index contributed by atoms with van der Waals surface area (Å²) in [6.07, 6.45) is 2.67. The Labute approximate surface area is 122 Å². The molecule has 0 spiro atoms. The zero-order valence-corrected chi connectivity index (χ0v) is 13.2. The van der Waals surface area contributed by atoms with Crippen LogP contribution in [0.25, 0.3) is 0 Å². The second-order valence-corrected chi connectivity index (χ2v) is 5.68. The zero-order valence-electron chi connectivity index (χ0n) is 13.2. The summed E-state index contributed by atoms with van der Waals surface area (Å²) in [5.41, 5.74) is 1.10. The van der Waals surface area contributed by atoms with E-state index >= 15 is 0 Å². The van der Waals surface area contributed by atoms with Crippen LogP contribution in [0.3, 0.4) is 0 Å². The van der Waals surface area contributed by atoms with Crippen LogP contribution in [0.2, 0.25) is 0 Å². The Morgan fingerprint density at radius 2 is 1.80 bits per heavy atom. The highest BCUT2D eigenvalue weighted by Gasteiger charge is 2.16. The molecule has 2 N–H and O–H groups in total. The molecule has 0 aliphatic carbocycles. The molecule has 1 atom stereocenters. The van der Waals surface area contributed by atoms with Crippen LogP contribution in [-0.4, -0.2) is 47.1 Å². The van der Waals surface area contributed by atoms with E-state index in [1.165, 1.54) is 25.9 Å². The van der Waals surface area contributed by atoms with Gasteiger partial charge in [0.2, 0.25) is 0 Å². The summed E-state index contributed by atoms with van der Waals surface area (Å²) >= 11 is 0. The van der Waals surface area contributed by atoms with Crippen molar-refractivity contribution in [2.24, 2.45) is 0 Å². The van der Waals surface area contributed by atoms with E-state index in [1.807, 2.05) is 6.92 Å². The van der Waals surface area contributed by atoms with Crippen molar-refractivity contribution in [3.8, 4) is 0 Å². The molecule has 2 heterocycles. The van der Waals surface area contributed by atoms with Gasteiger partial charge in [-0.25, -0.2) is 9.97 Å². The average molecular weight is 277 g/mol. The molecule has 1 saturated heterocycles. The van der Waals surface area contributed by atoms with Gasteiger partial charge in [-0.15, -0.1) is 0 Å². The Bertz CT molecular complexity index is 440. The van der Waals surface area contributed by atoms with Crippen LogP contribution >= 0.6 is 0 Å². The van der Waals surface area contributed by atoms with Crippen LogP contribution in [0.4, 0.5) is 11.6 Å². The quantitative estimate of drug-likeness (QED) is 0.836. The van der Waals surface area contributed by atoms with E-state index in [9.17, 15) is 0 Å². The van der Waals surface area contributed by atoms with Gasteiger partial charge in [0.05, 0.1) is 0 Å². The maximum absolute atomic E-state index is 4.55. The van der Waals surface area contributed by atoms with Gasteiger partial charge >= 0.3 is 0 Å². The first kappa shape index (κ1) is 15.0. The van der Waals surface area contributed by atoms with E-state index in [1.54, 1.807) is 0 Å². The second kappa shape index (κ2) is 6.88. The number of hydrogen-bond donors (Lipinski definition) is 2. The smallest absolute Gasteiger partial charge is 0.135 e. The lowest BCUT2D eigenvalue weighted by Crippen LogP contribution is -2.33. The van der Waals surface area contributed by atoms with Crippen molar-refractivity contribution in [2.45, 2.75) is 46.6 Å². The number of nitrogens with zero attached hydrogens (tertiary/aromatic N) is 3. The number of likely N-dealkylation sites (tertiary alicyclic amines) is 1. The molecule has 5 nitrogen and oxygen atoms in total. The van der Waals surface area contributed by atoms with Gasteiger partial charge in [0.15, 0.2) is 0 Å². The van der Waals surface area contributed by atoms with Crippen LogP contribution in [0.1, 0.15) is 38.1 Å². The fraction of sp³-hybridized carbons (Fsp3) is 0.733. The Hall–Kier alpha value is -1.36. The van der Waals surface area contributed by atoms with E-state index in [0.29, 0.717) is 6.04 Å². The van der Waals surface area contributed by atoms with Gasteiger partial charge in [-0.3, -0.25) is 0 Å². The maximum atomic E-state index is 4.55. The molecule has 1 aliphatic heterocycles. The molecule has 1 fully saturated rings. The number of aromatic nitrogens is 2. The third kappa shape index (κ3) is 3.82. The molecule has 0 radical (unpaired) electrons. The molecule has 0 aromatic carbocycles. The summed E-state index contributed by atoms with van der Waals surface area (Å²) in [4.78, 5) is 11.5. The zero-order chi connectivity index (χ0) is 14.5. The van der Waals surface area contributed by atoms with Crippen LogP contribution in [0.15, 0.2) is 0 Å². The molecule has 2 rings (SSSR count). The SMILES string of the molecule is CCNc1nc(C)nc(NC(C)CN2CCCC2)c1C. The van der Waals surface area contributed by atoms with E-state index < -0.39 is 0 Å². The van der Waals surface area contributed by atoms with Crippen molar-refractivity contribution < 1.29 is 0 Å². The topological polar surface area (TPSA) is 53.1 Å². The summed E-state index contributed by atoms with van der Waals surface area (Å²) in [5, 5.41) is 6.85. The summed E-state index contributed by atoms with van der Waals surface area (Å²) in [5.74, 6) is 2.71. The lowest BCUT2D eigenvalue weighted by molar-refractivity contribution is 0.327. The average Bonchev–Trinajstić information content (AvgIpc) is 2.88. The van der Waals surface area contributed by atoms with E-state index in [-0.39, 0.29) is 0 Å². The summed E-state index contributed by atoms with van der Waals surface area (Å²) in [6.45, 7) is 12.7. The Kier molecular flexibility index (Phi) is 5.17. The molecular formula is C15H27N5. The Morgan fingerprint density at radius 1 is 1.15 bits per heavy atom. The first-order chi connectivity index (χ1) is 9.60. The van der Waals surface area contributed by atoms with Gasteiger partial charge < -0.3 is 15.5 Å². The van der Waals surface area contributed by atoms with Gasteiger partial charge in [-0.05, 0) is 53.6 Å². The molecule has 20 heavy (non-hydrogen) atoms. The predicted octanol–water partition coefficient (Wildman–Crippen LogP) is 2.42. The number of anilines is 2. The third-order valence-electron chi connectivity index (χ3n) is 3.72. The standard InChI is InChI=1S/C15H27N5/c1-5-16-14-12(3)15(19-13(4)18-14)17-11(2)10-20-8-6-7-9-20/h11H,5-10H2,1-4H3,(H2,16,17,18,19). The van der Waals surface area contributed by atoms with E-state index in [0.717, 1.165) is 36.1 Å². The Balaban J connectivity index is 2.03. The lowest BCUT2D eigenvalue weighted by atomic mass is 10.2. The monoisotopic (exact) mass is 277 g/mol. The lowest BCUT2D eigenvalue weighted by Gasteiger charge is -2.23. The molecule has 0 amide bonds. The van der Waals surface area contributed by atoms with E-state index in [4.69, 9.17) is 0 Å². The van der Waals surface area contributed by atoms with Gasteiger partial charge in [0.1, 0.15) is 17.5 Å². The van der Waals surface area contributed by atoms with Gasteiger partial charge in [0.25, 0.3) is 0 Å². The largest absolute Gasteiger partial charge is 0.370 e. The highest BCUT2D eigenvalue weighted by atomic mass is 15.2. The fourth-order valence-corrected chi connectivity index (χ4v) is 2.74. The van der Waals surface area contributed by atoms with Crippen molar-refractivity contribution >= 4 is 11.6 Å². The van der Waals surface area contributed by atoms with Crippen LogP contribution in [0.5, 0.6) is 0 Å². The van der Waals surface area contributed by atoms with Crippen molar-refractivity contribution in [3.05, 3.63) is 11.4 Å². The van der Waals surface area contributed by atoms with Gasteiger partial charge in [0, 0.05) is 24.7 Å². The highest BCUT2D eigenvalue weighted by Crippen LogP contribution is 2.20. The summed E-state index contributed by atoms with van der Waals surface area (Å²) in [7, 11) is 0. The van der Waals surface area contributed by atoms with Gasteiger partial charge in [-0.1, -0.05) is 0 Å². The summed E-state index contributed by atoms with van der Waals surface area (Å²) in [6, 6.07) is 0.399. The van der Waals surface area contributed by atoms with Crippen molar-refractivity contribution in [3.63, 3.8) is 0 Å². The molecule has 1 aromatic heterocycles. The maximum Gasteiger partial charge on any atom is 0.135 e. The first-order valence-electron chi connectivity index (χ1n) is 7.68. The fourth-order valence-electron chi connectivity index (χ4n) is 2.74. The molecule has 5 heteroatoms. The number of hydrogen-bond acceptors (Lipinski definition) is 5. The number of aryl methyl sites for hydroxylation is 1. The summed E-state index contributed by atoms with van der Waals surface area (Å²) < 4.78 is 0. The molecule has 1 unspecified atom stereocenters.